The van der Waals surface area contributed by atoms with Crippen LogP contribution in [0.2, 0.25) is 0 Å². The minimum absolute atomic E-state index is 0.442. The van der Waals surface area contributed by atoms with Crippen molar-refractivity contribution in [3.05, 3.63) is 0 Å². The van der Waals surface area contributed by atoms with Crippen molar-refractivity contribution in [1.82, 2.24) is 5.32 Å². The summed E-state index contributed by atoms with van der Waals surface area (Å²) < 4.78 is 6.04. The molecule has 1 saturated carbocycles. The van der Waals surface area contributed by atoms with E-state index in [-0.39, 0.29) is 0 Å². The molecule has 1 rings (SSSR count). The zero-order valence-electron chi connectivity index (χ0n) is 11.5. The van der Waals surface area contributed by atoms with Gasteiger partial charge in [0.05, 0.1) is 6.10 Å². The van der Waals surface area contributed by atoms with Crippen molar-refractivity contribution in [2.24, 2.45) is 11.8 Å². The molecule has 0 bridgehead atoms. The van der Waals surface area contributed by atoms with E-state index in [9.17, 15) is 0 Å². The molecule has 0 heterocycles. The Morgan fingerprint density at radius 1 is 1.31 bits per heavy atom. The van der Waals surface area contributed by atoms with Crippen molar-refractivity contribution in [2.45, 2.75) is 65.0 Å². The zero-order chi connectivity index (χ0) is 12.0. The first-order valence-electron chi connectivity index (χ1n) is 6.97. The number of hydrogen-bond donors (Lipinski definition) is 1. The summed E-state index contributed by atoms with van der Waals surface area (Å²) in [6.45, 7) is 7.84. The standard InChI is InChI=1S/C14H29NO/c1-5-6-9-16-14-10-12(11(2)3)7-8-13(14)15-4/h11-15H,5-10H2,1-4H3. The smallest absolute Gasteiger partial charge is 0.0730 e. The van der Waals surface area contributed by atoms with E-state index in [1.807, 2.05) is 0 Å². The topological polar surface area (TPSA) is 21.3 Å². The largest absolute Gasteiger partial charge is 0.377 e. The van der Waals surface area contributed by atoms with Gasteiger partial charge < -0.3 is 10.1 Å². The zero-order valence-corrected chi connectivity index (χ0v) is 11.5. The second kappa shape index (κ2) is 7.29. The third-order valence-corrected chi connectivity index (χ3v) is 3.98. The Hall–Kier alpha value is -0.0800. The Labute approximate surface area is 101 Å². The molecule has 3 unspecified atom stereocenters. The fraction of sp³-hybridized carbons (Fsp3) is 1.00. The van der Waals surface area contributed by atoms with E-state index < -0.39 is 0 Å². The number of ether oxygens (including phenoxy) is 1. The molecule has 0 amide bonds. The molecule has 96 valence electrons. The van der Waals surface area contributed by atoms with E-state index >= 15 is 0 Å². The number of unbranched alkanes of at least 4 members (excludes halogenated alkanes) is 1. The quantitative estimate of drug-likeness (QED) is 0.704. The van der Waals surface area contributed by atoms with Gasteiger partial charge in [-0.3, -0.25) is 0 Å². The fourth-order valence-corrected chi connectivity index (χ4v) is 2.66. The van der Waals surface area contributed by atoms with E-state index in [2.05, 4.69) is 33.1 Å². The van der Waals surface area contributed by atoms with Crippen molar-refractivity contribution in [3.8, 4) is 0 Å². The summed E-state index contributed by atoms with van der Waals surface area (Å²) in [7, 11) is 2.07. The van der Waals surface area contributed by atoms with Gasteiger partial charge in [0, 0.05) is 12.6 Å². The van der Waals surface area contributed by atoms with Crippen molar-refractivity contribution in [1.29, 1.82) is 0 Å². The molecule has 2 nitrogen and oxygen atoms in total. The van der Waals surface area contributed by atoms with Gasteiger partial charge in [-0.25, -0.2) is 0 Å². The SMILES string of the molecule is CCCCOC1CC(C(C)C)CCC1NC. The molecule has 2 heteroatoms. The van der Waals surface area contributed by atoms with Crippen molar-refractivity contribution >= 4 is 0 Å². The molecule has 0 aliphatic heterocycles. The van der Waals surface area contributed by atoms with Gasteiger partial charge in [-0.05, 0) is 44.6 Å². The summed E-state index contributed by atoms with van der Waals surface area (Å²) in [5, 5.41) is 3.42. The van der Waals surface area contributed by atoms with E-state index in [0.717, 1.165) is 18.4 Å². The van der Waals surface area contributed by atoms with E-state index in [1.54, 1.807) is 0 Å². The van der Waals surface area contributed by atoms with E-state index in [0.29, 0.717) is 12.1 Å². The molecule has 1 fully saturated rings. The first kappa shape index (κ1) is 14.0. The van der Waals surface area contributed by atoms with Crippen LogP contribution < -0.4 is 5.32 Å². The number of nitrogens with one attached hydrogen (secondary N) is 1. The molecule has 0 aromatic heterocycles. The molecule has 0 spiro atoms. The van der Waals surface area contributed by atoms with Crippen LogP contribution in [0, 0.1) is 11.8 Å². The number of hydrogen-bond acceptors (Lipinski definition) is 2. The Morgan fingerprint density at radius 3 is 2.62 bits per heavy atom. The molecule has 16 heavy (non-hydrogen) atoms. The van der Waals surface area contributed by atoms with Crippen LogP contribution in [0.1, 0.15) is 52.9 Å². The van der Waals surface area contributed by atoms with Crippen LogP contribution in [0.15, 0.2) is 0 Å². The molecule has 0 radical (unpaired) electrons. The number of rotatable bonds is 6. The highest BCUT2D eigenvalue weighted by molar-refractivity contribution is 4.86. The fourth-order valence-electron chi connectivity index (χ4n) is 2.66. The normalized spacial score (nSPS) is 30.9. The molecular weight excluding hydrogens is 198 g/mol. The van der Waals surface area contributed by atoms with Gasteiger partial charge in [0.15, 0.2) is 0 Å². The lowest BCUT2D eigenvalue weighted by molar-refractivity contribution is -0.0158. The lowest BCUT2D eigenvalue weighted by Crippen LogP contribution is -2.45. The molecule has 1 aliphatic carbocycles. The lowest BCUT2D eigenvalue weighted by Gasteiger charge is -2.37. The van der Waals surface area contributed by atoms with Crippen LogP contribution in [-0.2, 0) is 4.74 Å². The van der Waals surface area contributed by atoms with Crippen molar-refractivity contribution in [2.75, 3.05) is 13.7 Å². The Bertz CT molecular complexity index is 182. The lowest BCUT2D eigenvalue weighted by atomic mass is 9.78. The highest BCUT2D eigenvalue weighted by Gasteiger charge is 2.31. The van der Waals surface area contributed by atoms with Gasteiger partial charge in [0.25, 0.3) is 0 Å². The van der Waals surface area contributed by atoms with Crippen LogP contribution in [-0.4, -0.2) is 25.8 Å². The highest BCUT2D eigenvalue weighted by atomic mass is 16.5. The Morgan fingerprint density at radius 2 is 2.06 bits per heavy atom. The number of likely N-dealkylation sites (N-methyl/N-ethyl adjacent to an activating group) is 1. The van der Waals surface area contributed by atoms with Gasteiger partial charge in [-0.2, -0.15) is 0 Å². The molecule has 0 saturated heterocycles. The summed E-state index contributed by atoms with van der Waals surface area (Å²) in [5.74, 6) is 1.66. The Kier molecular flexibility index (Phi) is 6.37. The molecule has 3 atom stereocenters. The van der Waals surface area contributed by atoms with Crippen LogP contribution in [0.4, 0.5) is 0 Å². The van der Waals surface area contributed by atoms with Gasteiger partial charge >= 0.3 is 0 Å². The van der Waals surface area contributed by atoms with Crippen LogP contribution >= 0.6 is 0 Å². The predicted octanol–water partition coefficient (Wildman–Crippen LogP) is 3.22. The summed E-state index contributed by atoms with van der Waals surface area (Å²) >= 11 is 0. The highest BCUT2D eigenvalue weighted by Crippen LogP contribution is 2.31. The molecular formula is C14H29NO. The first-order valence-corrected chi connectivity index (χ1v) is 6.97. The maximum Gasteiger partial charge on any atom is 0.0730 e. The minimum atomic E-state index is 0.442. The van der Waals surface area contributed by atoms with Gasteiger partial charge in [0.2, 0.25) is 0 Å². The van der Waals surface area contributed by atoms with Gasteiger partial charge in [0.1, 0.15) is 0 Å². The van der Waals surface area contributed by atoms with Gasteiger partial charge in [-0.1, -0.05) is 27.2 Å². The third-order valence-electron chi connectivity index (χ3n) is 3.98. The minimum Gasteiger partial charge on any atom is -0.377 e. The van der Waals surface area contributed by atoms with Crippen LogP contribution in [0.25, 0.3) is 0 Å². The van der Waals surface area contributed by atoms with Crippen LogP contribution in [0.3, 0.4) is 0 Å². The first-order chi connectivity index (χ1) is 7.69. The Balaban J connectivity index is 2.40. The van der Waals surface area contributed by atoms with E-state index in [1.165, 1.54) is 32.1 Å². The maximum atomic E-state index is 6.04. The monoisotopic (exact) mass is 227 g/mol. The molecule has 1 aliphatic rings. The average Bonchev–Trinajstić information content (AvgIpc) is 2.29. The predicted molar refractivity (Wildman–Crippen MR) is 69.7 cm³/mol. The molecule has 0 aromatic carbocycles. The second-order valence-electron chi connectivity index (χ2n) is 5.48. The third kappa shape index (κ3) is 4.06. The van der Waals surface area contributed by atoms with Gasteiger partial charge in [-0.15, -0.1) is 0 Å². The van der Waals surface area contributed by atoms with Crippen LogP contribution in [0.5, 0.6) is 0 Å². The summed E-state index contributed by atoms with van der Waals surface area (Å²) in [6.07, 6.45) is 6.74. The van der Waals surface area contributed by atoms with Crippen molar-refractivity contribution < 1.29 is 4.74 Å². The molecule has 0 aromatic rings. The average molecular weight is 227 g/mol. The molecule has 1 N–H and O–H groups in total. The van der Waals surface area contributed by atoms with E-state index in [4.69, 9.17) is 4.74 Å². The summed E-state index contributed by atoms with van der Waals surface area (Å²) in [6, 6.07) is 0.576. The second-order valence-corrected chi connectivity index (χ2v) is 5.48. The maximum absolute atomic E-state index is 6.04. The van der Waals surface area contributed by atoms with Crippen molar-refractivity contribution in [3.63, 3.8) is 0 Å². The summed E-state index contributed by atoms with van der Waals surface area (Å²) in [5.41, 5.74) is 0. The summed E-state index contributed by atoms with van der Waals surface area (Å²) in [4.78, 5) is 0.